The molecule has 1 aromatic carbocycles. The fraction of sp³-hybridized carbons (Fsp3) is 0.381. The third-order valence-electron chi connectivity index (χ3n) is 5.23. The summed E-state index contributed by atoms with van der Waals surface area (Å²) in [5, 5.41) is 7.84. The van der Waals surface area contributed by atoms with Crippen molar-refractivity contribution in [2.24, 2.45) is 0 Å². The van der Waals surface area contributed by atoms with Crippen molar-refractivity contribution in [3.05, 3.63) is 29.3 Å². The molecule has 12 nitrogen and oxygen atoms in total. The highest BCUT2D eigenvalue weighted by Crippen LogP contribution is 2.28. The summed E-state index contributed by atoms with van der Waals surface area (Å²) >= 11 is 2.39. The van der Waals surface area contributed by atoms with E-state index in [0.29, 0.717) is 59.0 Å². The van der Waals surface area contributed by atoms with E-state index in [9.17, 15) is 22.8 Å². The Balaban J connectivity index is 1.29. The average molecular weight is 553 g/mol. The lowest BCUT2D eigenvalue weighted by molar-refractivity contribution is -0.115. The molecule has 2 aromatic heterocycles. The largest absolute Gasteiger partial charge is 0.450 e. The van der Waals surface area contributed by atoms with Gasteiger partial charge in [0, 0.05) is 37.8 Å². The molecular formula is C21H24N6O6S3. The number of anilines is 2. The van der Waals surface area contributed by atoms with Gasteiger partial charge in [0.05, 0.1) is 33.8 Å². The molecule has 0 unspecified atom stereocenters. The molecule has 1 aliphatic rings. The van der Waals surface area contributed by atoms with Crippen LogP contribution < -0.4 is 10.6 Å². The minimum atomic E-state index is -3.34. The van der Waals surface area contributed by atoms with Gasteiger partial charge < -0.3 is 19.9 Å². The van der Waals surface area contributed by atoms with Crippen molar-refractivity contribution in [1.29, 1.82) is 0 Å². The summed E-state index contributed by atoms with van der Waals surface area (Å²) in [6.07, 6.45) is 0.730. The van der Waals surface area contributed by atoms with E-state index < -0.39 is 9.84 Å². The number of thiazole rings is 2. The lowest BCUT2D eigenvalue weighted by Crippen LogP contribution is -2.51. The van der Waals surface area contributed by atoms with Crippen molar-refractivity contribution in [3.63, 3.8) is 0 Å². The molecule has 1 aliphatic heterocycles. The van der Waals surface area contributed by atoms with Crippen molar-refractivity contribution in [3.8, 4) is 0 Å². The number of benzene rings is 1. The number of sulfone groups is 1. The van der Waals surface area contributed by atoms with Gasteiger partial charge in [-0.2, -0.15) is 0 Å². The van der Waals surface area contributed by atoms with Crippen LogP contribution in [0.15, 0.2) is 28.5 Å². The first-order valence-corrected chi connectivity index (χ1v) is 14.5. The third-order valence-corrected chi connectivity index (χ3v) is 8.08. The number of carbonyl (C=O) groups is 3. The maximum absolute atomic E-state index is 12.5. The summed E-state index contributed by atoms with van der Waals surface area (Å²) in [6, 6.07) is 4.29. The minimum absolute atomic E-state index is 0.0188. The van der Waals surface area contributed by atoms with Crippen molar-refractivity contribution in [1.82, 2.24) is 19.8 Å². The highest BCUT2D eigenvalue weighted by atomic mass is 32.2. The number of urea groups is 1. The van der Waals surface area contributed by atoms with E-state index in [-0.39, 0.29) is 29.3 Å². The molecule has 192 valence electrons. The van der Waals surface area contributed by atoms with E-state index in [1.807, 2.05) is 0 Å². The minimum Gasteiger partial charge on any atom is -0.450 e. The second-order valence-electron chi connectivity index (χ2n) is 7.89. The van der Waals surface area contributed by atoms with Gasteiger partial charge in [0.15, 0.2) is 20.1 Å². The van der Waals surface area contributed by atoms with Crippen LogP contribution in [-0.2, 0) is 25.8 Å². The lowest BCUT2D eigenvalue weighted by atomic mass is 10.3. The number of aromatic nitrogens is 2. The molecule has 0 bridgehead atoms. The Hall–Kier alpha value is -3.30. The van der Waals surface area contributed by atoms with E-state index in [2.05, 4.69) is 20.6 Å². The van der Waals surface area contributed by atoms with Crippen LogP contribution in [0.5, 0.6) is 0 Å². The molecule has 0 atom stereocenters. The van der Waals surface area contributed by atoms with E-state index in [1.165, 1.54) is 34.8 Å². The molecule has 0 radical (unpaired) electrons. The first-order chi connectivity index (χ1) is 17.1. The van der Waals surface area contributed by atoms with Gasteiger partial charge >= 0.3 is 12.1 Å². The fourth-order valence-corrected chi connectivity index (χ4v) is 5.78. The zero-order valence-electron chi connectivity index (χ0n) is 19.5. The van der Waals surface area contributed by atoms with E-state index in [0.717, 1.165) is 6.26 Å². The first-order valence-electron chi connectivity index (χ1n) is 10.9. The lowest BCUT2D eigenvalue weighted by Gasteiger charge is -2.33. The summed E-state index contributed by atoms with van der Waals surface area (Å²) in [4.78, 5) is 48.8. The summed E-state index contributed by atoms with van der Waals surface area (Å²) in [5.74, 6) is -0.337. The van der Waals surface area contributed by atoms with Gasteiger partial charge in [0.2, 0.25) is 5.91 Å². The normalized spacial score (nSPS) is 14.1. The SMILES string of the molecule is CCOC(=O)N1CCN(C(=O)Nc2nc(CC(=O)Nc3nc4ccc(S(C)(=O)=O)cc4s3)cs2)CC1. The molecule has 2 N–H and O–H groups in total. The zero-order chi connectivity index (χ0) is 25.9. The number of hydrogen-bond donors (Lipinski definition) is 2. The van der Waals surface area contributed by atoms with Crippen molar-refractivity contribution < 1.29 is 27.5 Å². The van der Waals surface area contributed by atoms with Crippen LogP contribution in [0.2, 0.25) is 0 Å². The highest BCUT2D eigenvalue weighted by Gasteiger charge is 2.25. The summed E-state index contributed by atoms with van der Waals surface area (Å²) in [7, 11) is -3.34. The second kappa shape index (κ2) is 10.8. The topological polar surface area (TPSA) is 151 Å². The van der Waals surface area contributed by atoms with Gasteiger partial charge in [-0.3, -0.25) is 10.1 Å². The number of rotatable bonds is 6. The number of fused-ring (bicyclic) bond motifs is 1. The van der Waals surface area contributed by atoms with E-state index in [4.69, 9.17) is 4.74 Å². The Bertz CT molecular complexity index is 1390. The number of amides is 4. The monoisotopic (exact) mass is 552 g/mol. The molecule has 36 heavy (non-hydrogen) atoms. The number of carbonyl (C=O) groups excluding carboxylic acids is 3. The number of piperazine rings is 1. The Kier molecular flexibility index (Phi) is 7.70. The molecule has 3 aromatic rings. The van der Waals surface area contributed by atoms with Gasteiger partial charge in [-0.1, -0.05) is 11.3 Å². The Labute approximate surface area is 215 Å². The van der Waals surface area contributed by atoms with Crippen LogP contribution >= 0.6 is 22.7 Å². The van der Waals surface area contributed by atoms with Gasteiger partial charge in [0.25, 0.3) is 0 Å². The van der Waals surface area contributed by atoms with Gasteiger partial charge in [-0.25, -0.2) is 28.0 Å². The van der Waals surface area contributed by atoms with Crippen molar-refractivity contribution in [2.45, 2.75) is 18.2 Å². The quantitative estimate of drug-likeness (QED) is 0.474. The van der Waals surface area contributed by atoms with E-state index >= 15 is 0 Å². The molecule has 4 amide bonds. The number of nitrogens with zero attached hydrogens (tertiary/aromatic N) is 4. The second-order valence-corrected chi connectivity index (χ2v) is 11.8. The molecule has 1 fully saturated rings. The zero-order valence-corrected chi connectivity index (χ0v) is 22.0. The molecule has 15 heteroatoms. The van der Waals surface area contributed by atoms with Crippen LogP contribution in [0.25, 0.3) is 10.2 Å². The summed E-state index contributed by atoms with van der Waals surface area (Å²) in [6.45, 7) is 3.56. The van der Waals surface area contributed by atoms with Crippen LogP contribution in [0.4, 0.5) is 19.9 Å². The molecule has 3 heterocycles. The van der Waals surface area contributed by atoms with E-state index in [1.54, 1.807) is 28.2 Å². The highest BCUT2D eigenvalue weighted by molar-refractivity contribution is 7.90. The van der Waals surface area contributed by atoms with Crippen LogP contribution in [0.3, 0.4) is 0 Å². The molecule has 0 saturated carbocycles. The predicted molar refractivity (Wildman–Crippen MR) is 136 cm³/mol. The van der Waals surface area contributed by atoms with Crippen molar-refractivity contribution >= 4 is 71.0 Å². The van der Waals surface area contributed by atoms with Gasteiger partial charge in [-0.15, -0.1) is 11.3 Å². The van der Waals surface area contributed by atoms with Crippen LogP contribution in [0, 0.1) is 0 Å². The smallest absolute Gasteiger partial charge is 0.409 e. The average Bonchev–Trinajstić information content (AvgIpc) is 3.43. The van der Waals surface area contributed by atoms with Gasteiger partial charge in [0.1, 0.15) is 0 Å². The molecule has 1 saturated heterocycles. The third kappa shape index (κ3) is 6.27. The Morgan fingerprint density at radius 3 is 2.47 bits per heavy atom. The maximum atomic E-state index is 12.5. The van der Waals surface area contributed by atoms with Gasteiger partial charge in [-0.05, 0) is 25.1 Å². The molecular weight excluding hydrogens is 528 g/mol. The van der Waals surface area contributed by atoms with Crippen LogP contribution in [0.1, 0.15) is 12.6 Å². The standard InChI is InChI=1S/C21H24N6O6S3/c1-3-33-21(30)27-8-6-26(7-9-27)20(29)25-18-22-13(12-34-18)10-17(28)24-19-23-15-5-4-14(36(2,31)32)11-16(15)35-19/h4-5,11-12H,3,6-10H2,1-2H3,(H,22,25,29)(H,23,24,28). The van der Waals surface area contributed by atoms with Crippen molar-refractivity contribution in [2.75, 3.05) is 49.7 Å². The summed E-state index contributed by atoms with van der Waals surface area (Å²) in [5.41, 5.74) is 1.07. The Morgan fingerprint density at radius 2 is 1.78 bits per heavy atom. The maximum Gasteiger partial charge on any atom is 0.409 e. The number of ether oxygens (including phenoxy) is 1. The number of hydrogen-bond acceptors (Lipinski definition) is 10. The predicted octanol–water partition coefficient (Wildman–Crippen LogP) is 2.64. The fourth-order valence-electron chi connectivity index (χ4n) is 3.44. The number of nitrogens with one attached hydrogen (secondary N) is 2. The first kappa shape index (κ1) is 25.8. The summed E-state index contributed by atoms with van der Waals surface area (Å²) < 4.78 is 29.1. The molecule has 0 spiro atoms. The Morgan fingerprint density at radius 1 is 1.06 bits per heavy atom. The molecule has 0 aliphatic carbocycles. The molecule has 4 rings (SSSR count). The van der Waals surface area contributed by atoms with Crippen LogP contribution in [-0.4, -0.2) is 85.3 Å².